The maximum Gasteiger partial charge on any atom is 0.0957 e. The van der Waals surface area contributed by atoms with Crippen molar-refractivity contribution in [3.05, 3.63) is 0 Å². The first-order chi connectivity index (χ1) is 9.10. The molecule has 1 aliphatic heterocycles. The van der Waals surface area contributed by atoms with Gasteiger partial charge < -0.3 is 5.11 Å². The van der Waals surface area contributed by atoms with Crippen LogP contribution in [0.1, 0.15) is 67.7 Å². The summed E-state index contributed by atoms with van der Waals surface area (Å²) >= 11 is 0. The molecule has 1 heterocycles. The summed E-state index contributed by atoms with van der Waals surface area (Å²) < 4.78 is 0. The SMILES string of the molecule is CC(C)(C)N1CCN(CO)CC1.CCCCC(C)(C)C. The van der Waals surface area contributed by atoms with E-state index < -0.39 is 0 Å². The number of unbranched alkanes of at least 4 members (excludes halogenated alkanes) is 1. The molecule has 0 aliphatic carbocycles. The van der Waals surface area contributed by atoms with Gasteiger partial charge >= 0.3 is 0 Å². The molecule has 0 amide bonds. The molecule has 0 saturated carbocycles. The number of aliphatic hydroxyl groups excluding tert-OH is 1. The lowest BCUT2D eigenvalue weighted by molar-refractivity contribution is 0.0197. The van der Waals surface area contributed by atoms with Gasteiger partial charge in [0, 0.05) is 31.7 Å². The molecule has 1 N–H and O–H groups in total. The van der Waals surface area contributed by atoms with E-state index in [0.717, 1.165) is 26.2 Å². The van der Waals surface area contributed by atoms with Crippen molar-refractivity contribution in [2.75, 3.05) is 32.9 Å². The first-order valence-corrected chi connectivity index (χ1v) is 8.18. The standard InChI is InChI=1S/C9H20N2O.C8H18/c1-9(2,3)11-6-4-10(8-12)5-7-11;1-5-6-7-8(2,3)4/h12H,4-8H2,1-3H3;5-7H2,1-4H3. The molecule has 0 atom stereocenters. The van der Waals surface area contributed by atoms with Crippen LogP contribution in [0.2, 0.25) is 0 Å². The molecular weight excluding hydrogens is 248 g/mol. The Bertz CT molecular complexity index is 232. The van der Waals surface area contributed by atoms with Crippen molar-refractivity contribution in [2.24, 2.45) is 5.41 Å². The van der Waals surface area contributed by atoms with Crippen molar-refractivity contribution in [2.45, 2.75) is 73.3 Å². The molecule has 0 bridgehead atoms. The van der Waals surface area contributed by atoms with Crippen LogP contribution >= 0.6 is 0 Å². The van der Waals surface area contributed by atoms with Crippen LogP contribution in [-0.4, -0.2) is 53.4 Å². The third-order valence-electron chi connectivity index (χ3n) is 3.80. The van der Waals surface area contributed by atoms with Gasteiger partial charge in [-0.15, -0.1) is 0 Å². The van der Waals surface area contributed by atoms with Crippen molar-refractivity contribution in [3.63, 3.8) is 0 Å². The Morgan fingerprint density at radius 2 is 1.40 bits per heavy atom. The van der Waals surface area contributed by atoms with Crippen molar-refractivity contribution in [1.82, 2.24) is 9.80 Å². The highest BCUT2D eigenvalue weighted by atomic mass is 16.3. The number of hydrogen-bond donors (Lipinski definition) is 1. The summed E-state index contributed by atoms with van der Waals surface area (Å²) in [6, 6.07) is 0. The second-order valence-corrected chi connectivity index (χ2v) is 8.08. The van der Waals surface area contributed by atoms with Crippen LogP contribution < -0.4 is 0 Å². The minimum absolute atomic E-state index is 0.206. The van der Waals surface area contributed by atoms with Gasteiger partial charge in [0.15, 0.2) is 0 Å². The average molecular weight is 287 g/mol. The van der Waals surface area contributed by atoms with Gasteiger partial charge in [0.1, 0.15) is 0 Å². The predicted molar refractivity (Wildman–Crippen MR) is 89.0 cm³/mol. The molecule has 0 unspecified atom stereocenters. The Hall–Kier alpha value is -0.120. The normalized spacial score (nSPS) is 18.6. The first kappa shape index (κ1) is 19.9. The monoisotopic (exact) mass is 286 g/mol. The molecule has 0 aromatic rings. The van der Waals surface area contributed by atoms with Crippen LogP contribution in [0.25, 0.3) is 0 Å². The maximum absolute atomic E-state index is 8.89. The van der Waals surface area contributed by atoms with Gasteiger partial charge in [0.25, 0.3) is 0 Å². The number of hydrogen-bond acceptors (Lipinski definition) is 3. The quantitative estimate of drug-likeness (QED) is 0.859. The summed E-state index contributed by atoms with van der Waals surface area (Å²) in [6.07, 6.45) is 4.07. The van der Waals surface area contributed by atoms with Gasteiger partial charge in [-0.25, -0.2) is 0 Å². The van der Waals surface area contributed by atoms with E-state index in [9.17, 15) is 0 Å². The third-order valence-corrected chi connectivity index (χ3v) is 3.80. The molecule has 0 aromatic carbocycles. The van der Waals surface area contributed by atoms with Gasteiger partial charge in [0.05, 0.1) is 6.73 Å². The van der Waals surface area contributed by atoms with E-state index in [1.54, 1.807) is 0 Å². The highest BCUT2D eigenvalue weighted by Crippen LogP contribution is 2.20. The van der Waals surface area contributed by atoms with Crippen LogP contribution in [0.4, 0.5) is 0 Å². The second kappa shape index (κ2) is 9.01. The zero-order valence-electron chi connectivity index (χ0n) is 15.0. The Morgan fingerprint density at radius 1 is 0.900 bits per heavy atom. The summed E-state index contributed by atoms with van der Waals surface area (Å²) in [5, 5.41) is 8.89. The third kappa shape index (κ3) is 9.73. The molecular formula is C17H38N2O. The largest absolute Gasteiger partial charge is 0.381 e. The van der Waals surface area contributed by atoms with Crippen LogP contribution in [0.3, 0.4) is 0 Å². The zero-order valence-corrected chi connectivity index (χ0v) is 15.0. The molecule has 1 aliphatic rings. The van der Waals surface area contributed by atoms with Gasteiger partial charge in [-0.05, 0) is 32.6 Å². The van der Waals surface area contributed by atoms with Gasteiger partial charge in [-0.2, -0.15) is 0 Å². The summed E-state index contributed by atoms with van der Waals surface area (Å²) in [6.45, 7) is 20.2. The van der Waals surface area contributed by atoms with E-state index in [1.165, 1.54) is 19.3 Å². The van der Waals surface area contributed by atoms with Gasteiger partial charge in [-0.3, -0.25) is 9.80 Å². The van der Waals surface area contributed by atoms with Crippen LogP contribution in [0.5, 0.6) is 0 Å². The van der Waals surface area contributed by atoms with E-state index in [-0.39, 0.29) is 12.3 Å². The lowest BCUT2D eigenvalue weighted by Crippen LogP contribution is -2.53. The van der Waals surface area contributed by atoms with Crippen LogP contribution in [0.15, 0.2) is 0 Å². The Kier molecular flexibility index (Phi) is 8.96. The fraction of sp³-hybridized carbons (Fsp3) is 1.00. The smallest absolute Gasteiger partial charge is 0.0957 e. The van der Waals surface area contributed by atoms with E-state index in [1.807, 2.05) is 0 Å². The van der Waals surface area contributed by atoms with E-state index in [2.05, 4.69) is 58.3 Å². The maximum atomic E-state index is 8.89. The van der Waals surface area contributed by atoms with Gasteiger partial charge in [-0.1, -0.05) is 40.5 Å². The van der Waals surface area contributed by atoms with Gasteiger partial charge in [0.2, 0.25) is 0 Å². The molecule has 0 radical (unpaired) electrons. The van der Waals surface area contributed by atoms with E-state index in [0.29, 0.717) is 5.41 Å². The van der Waals surface area contributed by atoms with Crippen molar-refractivity contribution >= 4 is 0 Å². The molecule has 1 rings (SSSR count). The zero-order chi connectivity index (χ0) is 15.8. The number of nitrogens with zero attached hydrogens (tertiary/aromatic N) is 2. The fourth-order valence-electron chi connectivity index (χ4n) is 2.27. The molecule has 0 aromatic heterocycles. The van der Waals surface area contributed by atoms with Crippen molar-refractivity contribution < 1.29 is 5.11 Å². The molecule has 0 spiro atoms. The minimum atomic E-state index is 0.206. The van der Waals surface area contributed by atoms with E-state index >= 15 is 0 Å². The van der Waals surface area contributed by atoms with Crippen molar-refractivity contribution in [3.8, 4) is 0 Å². The van der Waals surface area contributed by atoms with Crippen LogP contribution in [0, 0.1) is 5.41 Å². The molecule has 20 heavy (non-hydrogen) atoms. The number of aliphatic hydroxyl groups is 1. The fourth-order valence-corrected chi connectivity index (χ4v) is 2.27. The van der Waals surface area contributed by atoms with E-state index in [4.69, 9.17) is 5.11 Å². The molecule has 1 saturated heterocycles. The summed E-state index contributed by atoms with van der Waals surface area (Å²) in [5.41, 5.74) is 0.831. The first-order valence-electron chi connectivity index (χ1n) is 8.18. The highest BCUT2D eigenvalue weighted by molar-refractivity contribution is 4.80. The average Bonchev–Trinajstić information content (AvgIpc) is 2.35. The molecule has 3 nitrogen and oxygen atoms in total. The predicted octanol–water partition coefficient (Wildman–Crippen LogP) is 3.58. The van der Waals surface area contributed by atoms with Crippen molar-refractivity contribution in [1.29, 1.82) is 0 Å². The van der Waals surface area contributed by atoms with Crippen LogP contribution in [-0.2, 0) is 0 Å². The highest BCUT2D eigenvalue weighted by Gasteiger charge is 2.25. The summed E-state index contributed by atoms with van der Waals surface area (Å²) in [4.78, 5) is 4.53. The Morgan fingerprint density at radius 3 is 1.65 bits per heavy atom. The summed E-state index contributed by atoms with van der Waals surface area (Å²) in [5.74, 6) is 0. The summed E-state index contributed by atoms with van der Waals surface area (Å²) in [7, 11) is 0. The molecule has 122 valence electrons. The Balaban J connectivity index is 0.000000396. The Labute approximate surface area is 127 Å². The lowest BCUT2D eigenvalue weighted by atomic mass is 9.90. The molecule has 3 heteroatoms. The lowest BCUT2D eigenvalue weighted by Gasteiger charge is -2.41. The second-order valence-electron chi connectivity index (χ2n) is 8.08. The number of piperazine rings is 1. The number of rotatable bonds is 3. The topological polar surface area (TPSA) is 26.7 Å². The molecule has 1 fully saturated rings. The minimum Gasteiger partial charge on any atom is -0.381 e.